The summed E-state index contributed by atoms with van der Waals surface area (Å²) in [5.41, 5.74) is 2.54. The number of rotatable bonds is 8. The normalized spacial score (nSPS) is 15.1. The molecular weight excluding hydrogens is 367 g/mol. The summed E-state index contributed by atoms with van der Waals surface area (Å²) in [5.74, 6) is -0.836. The van der Waals surface area contributed by atoms with Crippen molar-refractivity contribution in [2.24, 2.45) is 0 Å². The average Bonchev–Trinajstić information content (AvgIpc) is 2.68. The number of nitrogens with zero attached hydrogens (tertiary/aromatic N) is 1. The van der Waals surface area contributed by atoms with Crippen LogP contribution in [0.25, 0.3) is 0 Å². The first kappa shape index (κ1) is 19.8. The zero-order valence-electron chi connectivity index (χ0n) is 15.2. The molecule has 27 heavy (non-hydrogen) atoms. The molecule has 5 nitrogen and oxygen atoms in total. The van der Waals surface area contributed by atoms with Crippen LogP contribution in [0.3, 0.4) is 0 Å². The topological polar surface area (TPSA) is 58.6 Å². The Morgan fingerprint density at radius 2 is 1.74 bits per heavy atom. The average molecular weight is 392 g/mol. The zero-order chi connectivity index (χ0) is 19.1. The van der Waals surface area contributed by atoms with Crippen LogP contribution in [-0.4, -0.2) is 41.3 Å². The van der Waals surface area contributed by atoms with Gasteiger partial charge in [0, 0.05) is 30.9 Å². The van der Waals surface area contributed by atoms with Gasteiger partial charge in [-0.05, 0) is 36.6 Å². The van der Waals surface area contributed by atoms with Gasteiger partial charge in [-0.1, -0.05) is 30.3 Å². The maximum Gasteiger partial charge on any atom is 0.215 e. The molecule has 0 aliphatic carbocycles. The van der Waals surface area contributed by atoms with Gasteiger partial charge in [-0.2, -0.15) is 0 Å². The third kappa shape index (κ3) is 6.02. The number of sulfonamides is 1. The van der Waals surface area contributed by atoms with E-state index in [4.69, 9.17) is 4.74 Å². The van der Waals surface area contributed by atoms with Gasteiger partial charge in [0.2, 0.25) is 10.0 Å². The highest BCUT2D eigenvalue weighted by atomic mass is 32.2. The van der Waals surface area contributed by atoms with Crippen molar-refractivity contribution in [2.75, 3.05) is 37.7 Å². The lowest BCUT2D eigenvalue weighted by molar-refractivity contribution is 0.122. The molecule has 0 unspecified atom stereocenters. The Bertz CT molecular complexity index is 835. The monoisotopic (exact) mass is 392 g/mol. The second kappa shape index (κ2) is 9.30. The lowest BCUT2D eigenvalue weighted by atomic mass is 10.1. The molecule has 0 amide bonds. The van der Waals surface area contributed by atoms with Crippen molar-refractivity contribution in [1.29, 1.82) is 0 Å². The Kier molecular flexibility index (Phi) is 6.82. The van der Waals surface area contributed by atoms with Gasteiger partial charge in [0.25, 0.3) is 0 Å². The van der Waals surface area contributed by atoms with Crippen molar-refractivity contribution in [3.05, 3.63) is 65.5 Å². The van der Waals surface area contributed by atoms with Gasteiger partial charge in [-0.15, -0.1) is 0 Å². The Labute approximate surface area is 160 Å². The molecule has 146 valence electrons. The van der Waals surface area contributed by atoms with Crippen molar-refractivity contribution < 1.29 is 17.5 Å². The minimum absolute atomic E-state index is 0.184. The summed E-state index contributed by atoms with van der Waals surface area (Å²) in [6, 6.07) is 14.3. The van der Waals surface area contributed by atoms with E-state index >= 15 is 0 Å². The molecule has 1 heterocycles. The number of morpholine rings is 1. The number of hydrogen-bond acceptors (Lipinski definition) is 4. The number of anilines is 1. The predicted octanol–water partition coefficient (Wildman–Crippen LogP) is 2.71. The number of aryl methyl sites for hydroxylation is 1. The Morgan fingerprint density at radius 3 is 2.44 bits per heavy atom. The molecule has 0 saturated carbocycles. The van der Waals surface area contributed by atoms with E-state index in [9.17, 15) is 12.8 Å². The molecule has 1 N–H and O–H groups in total. The van der Waals surface area contributed by atoms with Gasteiger partial charge in [0.1, 0.15) is 5.82 Å². The quantitative estimate of drug-likeness (QED) is 0.702. The van der Waals surface area contributed by atoms with Crippen LogP contribution in [0.1, 0.15) is 17.5 Å². The third-order valence-electron chi connectivity index (χ3n) is 4.58. The number of halogens is 1. The second-order valence-corrected chi connectivity index (χ2v) is 8.42. The smallest absolute Gasteiger partial charge is 0.215 e. The predicted molar refractivity (Wildman–Crippen MR) is 105 cm³/mol. The SMILES string of the molecule is O=S(=O)(Cc1ccccc1F)NCCCc1ccc(N2CCOCC2)cc1. The van der Waals surface area contributed by atoms with E-state index in [0.29, 0.717) is 13.0 Å². The van der Waals surface area contributed by atoms with Gasteiger partial charge >= 0.3 is 0 Å². The van der Waals surface area contributed by atoms with Crippen LogP contribution in [0.15, 0.2) is 48.5 Å². The highest BCUT2D eigenvalue weighted by Gasteiger charge is 2.14. The molecule has 0 atom stereocenters. The number of ether oxygens (including phenoxy) is 1. The van der Waals surface area contributed by atoms with Crippen molar-refractivity contribution in [3.63, 3.8) is 0 Å². The molecule has 0 bridgehead atoms. The molecule has 1 saturated heterocycles. The standard InChI is InChI=1S/C20H25FN2O3S/c21-20-6-2-1-5-18(20)16-27(24,25)22-11-3-4-17-7-9-19(10-8-17)23-12-14-26-15-13-23/h1-2,5-10,22H,3-4,11-16H2. The van der Waals surface area contributed by atoms with E-state index in [1.54, 1.807) is 12.1 Å². The highest BCUT2D eigenvalue weighted by molar-refractivity contribution is 7.88. The molecule has 1 aliphatic rings. The van der Waals surface area contributed by atoms with Crippen LogP contribution < -0.4 is 9.62 Å². The first-order valence-electron chi connectivity index (χ1n) is 9.16. The van der Waals surface area contributed by atoms with Crippen LogP contribution >= 0.6 is 0 Å². The highest BCUT2D eigenvalue weighted by Crippen LogP contribution is 2.17. The Hall–Kier alpha value is -1.96. The fraction of sp³-hybridized carbons (Fsp3) is 0.400. The second-order valence-electron chi connectivity index (χ2n) is 6.61. The molecule has 0 aromatic heterocycles. The van der Waals surface area contributed by atoms with Crippen molar-refractivity contribution in [1.82, 2.24) is 4.72 Å². The number of hydrogen-bond donors (Lipinski definition) is 1. The van der Waals surface area contributed by atoms with Gasteiger partial charge in [-0.25, -0.2) is 17.5 Å². The molecular formula is C20H25FN2O3S. The van der Waals surface area contributed by atoms with E-state index in [-0.39, 0.29) is 11.3 Å². The third-order valence-corrected chi connectivity index (χ3v) is 5.92. The van der Waals surface area contributed by atoms with E-state index in [1.165, 1.54) is 23.4 Å². The molecule has 1 aliphatic heterocycles. The van der Waals surface area contributed by atoms with Crippen molar-refractivity contribution in [3.8, 4) is 0 Å². The van der Waals surface area contributed by atoms with Crippen LogP contribution in [0.2, 0.25) is 0 Å². The first-order valence-corrected chi connectivity index (χ1v) is 10.8. The summed E-state index contributed by atoms with van der Waals surface area (Å²) < 4.78 is 45.7. The maximum atomic E-state index is 13.6. The molecule has 0 radical (unpaired) electrons. The lowest BCUT2D eigenvalue weighted by Gasteiger charge is -2.28. The molecule has 3 rings (SSSR count). The fourth-order valence-corrected chi connectivity index (χ4v) is 4.29. The van der Waals surface area contributed by atoms with Crippen LogP contribution in [-0.2, 0) is 26.9 Å². The van der Waals surface area contributed by atoms with Crippen molar-refractivity contribution >= 4 is 15.7 Å². The number of benzene rings is 2. The summed E-state index contributed by atoms with van der Waals surface area (Å²) >= 11 is 0. The van der Waals surface area contributed by atoms with Crippen LogP contribution in [0, 0.1) is 5.82 Å². The van der Waals surface area contributed by atoms with Gasteiger partial charge in [0.05, 0.1) is 19.0 Å². The molecule has 0 spiro atoms. The summed E-state index contributed by atoms with van der Waals surface area (Å²) in [4.78, 5) is 2.30. The Morgan fingerprint density at radius 1 is 1.04 bits per heavy atom. The molecule has 7 heteroatoms. The summed E-state index contributed by atoms with van der Waals surface area (Å²) in [6.45, 7) is 3.66. The van der Waals surface area contributed by atoms with E-state index in [2.05, 4.69) is 33.9 Å². The zero-order valence-corrected chi connectivity index (χ0v) is 16.1. The summed E-state index contributed by atoms with van der Waals surface area (Å²) in [6.07, 6.45) is 1.47. The molecule has 1 fully saturated rings. The van der Waals surface area contributed by atoms with E-state index in [1.807, 2.05) is 0 Å². The van der Waals surface area contributed by atoms with Gasteiger partial charge in [0.15, 0.2) is 0 Å². The largest absolute Gasteiger partial charge is 0.378 e. The first-order chi connectivity index (χ1) is 13.0. The van der Waals surface area contributed by atoms with Crippen LogP contribution in [0.5, 0.6) is 0 Å². The van der Waals surface area contributed by atoms with E-state index in [0.717, 1.165) is 32.7 Å². The minimum Gasteiger partial charge on any atom is -0.378 e. The summed E-state index contributed by atoms with van der Waals surface area (Å²) in [5, 5.41) is 0. The molecule has 2 aromatic carbocycles. The van der Waals surface area contributed by atoms with Gasteiger partial charge in [-0.3, -0.25) is 0 Å². The van der Waals surface area contributed by atoms with Crippen molar-refractivity contribution in [2.45, 2.75) is 18.6 Å². The summed E-state index contributed by atoms with van der Waals surface area (Å²) in [7, 11) is -3.54. The number of nitrogens with one attached hydrogen (secondary N) is 1. The Balaban J connectivity index is 1.43. The minimum atomic E-state index is -3.54. The molecule has 2 aromatic rings. The van der Waals surface area contributed by atoms with Gasteiger partial charge < -0.3 is 9.64 Å². The lowest BCUT2D eigenvalue weighted by Crippen LogP contribution is -2.36. The van der Waals surface area contributed by atoms with Crippen LogP contribution in [0.4, 0.5) is 10.1 Å². The van der Waals surface area contributed by atoms with E-state index < -0.39 is 15.8 Å². The maximum absolute atomic E-state index is 13.6. The fourth-order valence-electron chi connectivity index (χ4n) is 3.09.